The molecule has 0 aliphatic carbocycles. The molecule has 3 aromatic carbocycles. The van der Waals surface area contributed by atoms with Crippen LogP contribution >= 0.6 is 0 Å². The number of ketones is 1. The van der Waals surface area contributed by atoms with Crippen LogP contribution in [0.25, 0.3) is 27.5 Å². The molecule has 0 fully saturated rings. The van der Waals surface area contributed by atoms with Gasteiger partial charge < -0.3 is 14.0 Å². The van der Waals surface area contributed by atoms with Crippen molar-refractivity contribution in [3.63, 3.8) is 0 Å². The van der Waals surface area contributed by atoms with E-state index >= 15 is 0 Å². The summed E-state index contributed by atoms with van der Waals surface area (Å²) in [5.74, 6) is 1.76. The van der Waals surface area contributed by atoms with E-state index in [0.29, 0.717) is 6.42 Å². The zero-order chi connectivity index (χ0) is 19.0. The summed E-state index contributed by atoms with van der Waals surface area (Å²) in [5.41, 5.74) is 3.89. The molecule has 136 valence electrons. The molecule has 0 spiro atoms. The number of benzene rings is 3. The number of carbonyl (C=O) groups excluding carboxylic acids is 1. The summed E-state index contributed by atoms with van der Waals surface area (Å²) in [6.45, 7) is 1.89. The van der Waals surface area contributed by atoms with Crippen molar-refractivity contribution in [2.24, 2.45) is 0 Å². The van der Waals surface area contributed by atoms with Gasteiger partial charge in [0, 0.05) is 28.4 Å². The molecule has 27 heavy (non-hydrogen) atoms. The maximum absolute atomic E-state index is 12.2. The van der Waals surface area contributed by atoms with Crippen molar-refractivity contribution in [1.82, 2.24) is 4.57 Å². The number of fused-ring (bicyclic) bond motifs is 3. The average molecular weight is 359 g/mol. The number of nitrogens with zero attached hydrogens (tertiary/aromatic N) is 1. The second-order valence-electron chi connectivity index (χ2n) is 6.43. The van der Waals surface area contributed by atoms with Crippen molar-refractivity contribution in [3.8, 4) is 17.2 Å². The molecule has 0 atom stereocenters. The van der Waals surface area contributed by atoms with Gasteiger partial charge >= 0.3 is 0 Å². The lowest BCUT2D eigenvalue weighted by Gasteiger charge is -2.09. The Kier molecular flexibility index (Phi) is 4.32. The normalized spacial score (nSPS) is 11.1. The van der Waals surface area contributed by atoms with E-state index in [9.17, 15) is 4.79 Å². The highest BCUT2D eigenvalue weighted by Crippen LogP contribution is 2.35. The fourth-order valence-corrected chi connectivity index (χ4v) is 3.52. The lowest BCUT2D eigenvalue weighted by Crippen LogP contribution is -1.97. The Hall–Kier alpha value is -3.27. The SMILES string of the molecule is CCC(=O)c1ccc2c(c1)c1cc(OC)ccc1n2-c1ccc(OC)cc1. The highest BCUT2D eigenvalue weighted by atomic mass is 16.5. The van der Waals surface area contributed by atoms with Crippen molar-refractivity contribution in [2.45, 2.75) is 13.3 Å². The van der Waals surface area contributed by atoms with Gasteiger partial charge in [-0.05, 0) is 60.7 Å². The third-order valence-electron chi connectivity index (χ3n) is 4.95. The predicted molar refractivity (Wildman–Crippen MR) is 109 cm³/mol. The summed E-state index contributed by atoms with van der Waals surface area (Å²) in [5, 5.41) is 2.10. The second-order valence-corrected chi connectivity index (χ2v) is 6.43. The number of methoxy groups -OCH3 is 2. The van der Waals surface area contributed by atoms with Gasteiger partial charge in [0.1, 0.15) is 11.5 Å². The summed E-state index contributed by atoms with van der Waals surface area (Å²) in [6, 6.07) is 19.9. The van der Waals surface area contributed by atoms with E-state index in [1.165, 1.54) is 0 Å². The summed E-state index contributed by atoms with van der Waals surface area (Å²) in [4.78, 5) is 12.2. The van der Waals surface area contributed by atoms with Gasteiger partial charge in [0.25, 0.3) is 0 Å². The molecule has 0 radical (unpaired) electrons. The molecule has 4 rings (SSSR count). The molecule has 1 heterocycles. The maximum Gasteiger partial charge on any atom is 0.162 e. The standard InChI is InChI=1S/C23H21NO3/c1-4-23(25)15-5-11-21-19(13-15)20-14-18(27-3)10-12-22(20)24(21)16-6-8-17(26-2)9-7-16/h5-14H,4H2,1-3H3. The minimum atomic E-state index is 0.144. The second kappa shape index (κ2) is 6.80. The Morgan fingerprint density at radius 1 is 0.815 bits per heavy atom. The molecule has 4 aromatic rings. The van der Waals surface area contributed by atoms with E-state index < -0.39 is 0 Å². The molecule has 0 aliphatic heterocycles. The highest BCUT2D eigenvalue weighted by Gasteiger charge is 2.15. The van der Waals surface area contributed by atoms with Crippen molar-refractivity contribution in [3.05, 3.63) is 66.2 Å². The molecule has 0 saturated heterocycles. The number of hydrogen-bond donors (Lipinski definition) is 0. The van der Waals surface area contributed by atoms with E-state index in [4.69, 9.17) is 9.47 Å². The summed E-state index contributed by atoms with van der Waals surface area (Å²) in [6.07, 6.45) is 0.492. The van der Waals surface area contributed by atoms with E-state index in [0.717, 1.165) is 44.6 Å². The number of Topliss-reactive ketones (excluding diaryl/α,β-unsaturated/α-hetero) is 1. The lowest BCUT2D eigenvalue weighted by molar-refractivity contribution is 0.0988. The number of hydrogen-bond acceptors (Lipinski definition) is 3. The summed E-state index contributed by atoms with van der Waals surface area (Å²) < 4.78 is 12.9. The van der Waals surface area contributed by atoms with Crippen LogP contribution in [0, 0.1) is 0 Å². The molecule has 4 nitrogen and oxygen atoms in total. The third-order valence-corrected chi connectivity index (χ3v) is 4.95. The molecule has 0 unspecified atom stereocenters. The fourth-order valence-electron chi connectivity index (χ4n) is 3.52. The molecule has 0 saturated carbocycles. The summed E-state index contributed by atoms with van der Waals surface area (Å²) >= 11 is 0. The van der Waals surface area contributed by atoms with Gasteiger partial charge in [-0.2, -0.15) is 0 Å². The van der Waals surface area contributed by atoms with Crippen LogP contribution in [0.15, 0.2) is 60.7 Å². The lowest BCUT2D eigenvalue weighted by atomic mass is 10.0. The van der Waals surface area contributed by atoms with Gasteiger partial charge in [-0.1, -0.05) is 6.92 Å². The number of ether oxygens (including phenoxy) is 2. The smallest absolute Gasteiger partial charge is 0.162 e. The number of aromatic nitrogens is 1. The Labute approximate surface area is 157 Å². The van der Waals surface area contributed by atoms with Gasteiger partial charge in [0.2, 0.25) is 0 Å². The first-order valence-electron chi connectivity index (χ1n) is 8.96. The number of rotatable bonds is 5. The highest BCUT2D eigenvalue weighted by molar-refractivity contribution is 6.12. The van der Waals surface area contributed by atoms with Gasteiger partial charge in [0.05, 0.1) is 25.3 Å². The molecule has 0 N–H and O–H groups in total. The van der Waals surface area contributed by atoms with Gasteiger partial charge in [-0.25, -0.2) is 0 Å². The zero-order valence-electron chi connectivity index (χ0n) is 15.7. The van der Waals surface area contributed by atoms with Crippen LogP contribution in [0.1, 0.15) is 23.7 Å². The predicted octanol–water partition coefficient (Wildman–Crippen LogP) is 5.39. The van der Waals surface area contributed by atoms with Crippen LogP contribution in [-0.4, -0.2) is 24.6 Å². The first kappa shape index (κ1) is 17.2. The largest absolute Gasteiger partial charge is 0.497 e. The van der Waals surface area contributed by atoms with E-state index in [2.05, 4.69) is 10.6 Å². The van der Waals surface area contributed by atoms with E-state index in [-0.39, 0.29) is 5.78 Å². The van der Waals surface area contributed by atoms with Crippen LogP contribution in [-0.2, 0) is 0 Å². The van der Waals surface area contributed by atoms with Gasteiger partial charge in [-0.15, -0.1) is 0 Å². The van der Waals surface area contributed by atoms with Crippen LogP contribution in [0.3, 0.4) is 0 Å². The molecule has 1 aromatic heterocycles. The molecular weight excluding hydrogens is 338 g/mol. The average Bonchev–Trinajstić information content (AvgIpc) is 3.06. The van der Waals surface area contributed by atoms with Gasteiger partial charge in [0.15, 0.2) is 5.78 Å². The Morgan fingerprint density at radius 2 is 1.41 bits per heavy atom. The van der Waals surface area contributed by atoms with E-state index in [1.807, 2.05) is 61.5 Å². The van der Waals surface area contributed by atoms with E-state index in [1.54, 1.807) is 14.2 Å². The quantitative estimate of drug-likeness (QED) is 0.448. The van der Waals surface area contributed by atoms with Crippen molar-refractivity contribution < 1.29 is 14.3 Å². The van der Waals surface area contributed by atoms with Crippen molar-refractivity contribution >= 4 is 27.6 Å². The van der Waals surface area contributed by atoms with Crippen LogP contribution < -0.4 is 9.47 Å². The first-order chi connectivity index (χ1) is 13.2. The Balaban J connectivity index is 2.05. The Bertz CT molecular complexity index is 1140. The van der Waals surface area contributed by atoms with Crippen molar-refractivity contribution in [1.29, 1.82) is 0 Å². The maximum atomic E-state index is 12.2. The van der Waals surface area contributed by atoms with Gasteiger partial charge in [-0.3, -0.25) is 4.79 Å². The van der Waals surface area contributed by atoms with Crippen molar-refractivity contribution in [2.75, 3.05) is 14.2 Å². The zero-order valence-corrected chi connectivity index (χ0v) is 15.7. The fraction of sp³-hybridized carbons (Fsp3) is 0.174. The van der Waals surface area contributed by atoms with Crippen LogP contribution in [0.4, 0.5) is 0 Å². The minimum absolute atomic E-state index is 0.144. The van der Waals surface area contributed by atoms with Crippen LogP contribution in [0.5, 0.6) is 11.5 Å². The molecule has 4 heteroatoms. The minimum Gasteiger partial charge on any atom is -0.497 e. The Morgan fingerprint density at radius 3 is 2.04 bits per heavy atom. The monoisotopic (exact) mass is 359 g/mol. The first-order valence-corrected chi connectivity index (χ1v) is 8.96. The summed E-state index contributed by atoms with van der Waals surface area (Å²) in [7, 11) is 3.32. The molecular formula is C23H21NO3. The molecule has 0 amide bonds. The molecule has 0 aliphatic rings. The number of carbonyl (C=O) groups is 1. The topological polar surface area (TPSA) is 40.5 Å². The molecule has 0 bridgehead atoms. The third kappa shape index (κ3) is 2.83. The van der Waals surface area contributed by atoms with Crippen LogP contribution in [0.2, 0.25) is 0 Å².